The highest BCUT2D eigenvalue weighted by molar-refractivity contribution is 7.87. The molecule has 0 amide bonds. The molecule has 5 nitrogen and oxygen atoms in total. The van der Waals surface area contributed by atoms with Crippen molar-refractivity contribution in [3.05, 3.63) is 48.5 Å². The van der Waals surface area contributed by atoms with Crippen LogP contribution >= 0.6 is 0 Å². The number of ether oxygens (including phenoxy) is 1. The van der Waals surface area contributed by atoms with E-state index in [4.69, 9.17) is 8.92 Å². The lowest BCUT2D eigenvalue weighted by Crippen LogP contribution is -2.12. The van der Waals surface area contributed by atoms with Gasteiger partial charge in [-0.05, 0) is 25.1 Å². The zero-order valence-electron chi connectivity index (χ0n) is 10.6. The molecule has 0 aliphatic carbocycles. The molecule has 0 radical (unpaired) electrons. The highest BCUT2D eigenvalue weighted by Crippen LogP contribution is 2.26. The van der Waals surface area contributed by atoms with Gasteiger partial charge in [-0.25, -0.2) is 4.39 Å². The van der Waals surface area contributed by atoms with Gasteiger partial charge in [-0.1, -0.05) is 6.07 Å². The van der Waals surface area contributed by atoms with Crippen LogP contribution < -0.4 is 8.92 Å². The molecule has 7 heteroatoms. The molecule has 2 rings (SSSR count). The fourth-order valence-corrected chi connectivity index (χ4v) is 2.53. The SMILES string of the molecule is CCOc1ccncc1S(=O)(=O)Oc1cccc(F)c1. The fraction of sp³-hybridized carbons (Fsp3) is 0.154. The number of halogens is 1. The largest absolute Gasteiger partial charge is 0.492 e. The third-order valence-electron chi connectivity index (χ3n) is 2.32. The molecule has 0 N–H and O–H groups in total. The van der Waals surface area contributed by atoms with Gasteiger partial charge in [0.05, 0.1) is 12.8 Å². The van der Waals surface area contributed by atoms with Crippen molar-refractivity contribution in [2.75, 3.05) is 6.61 Å². The first kappa shape index (κ1) is 14.3. The van der Waals surface area contributed by atoms with Crippen LogP contribution in [0.15, 0.2) is 47.6 Å². The van der Waals surface area contributed by atoms with Crippen LogP contribution in [0.5, 0.6) is 11.5 Å². The first-order valence-corrected chi connectivity index (χ1v) is 7.20. The summed E-state index contributed by atoms with van der Waals surface area (Å²) in [5.74, 6) is -0.566. The summed E-state index contributed by atoms with van der Waals surface area (Å²) in [4.78, 5) is 3.54. The van der Waals surface area contributed by atoms with Crippen LogP contribution in [0.4, 0.5) is 4.39 Å². The van der Waals surface area contributed by atoms with E-state index in [1.54, 1.807) is 6.92 Å². The van der Waals surface area contributed by atoms with E-state index in [9.17, 15) is 12.8 Å². The number of benzene rings is 1. The Balaban J connectivity index is 2.36. The van der Waals surface area contributed by atoms with Gasteiger partial charge in [0.1, 0.15) is 17.3 Å². The van der Waals surface area contributed by atoms with Gasteiger partial charge in [-0.2, -0.15) is 8.42 Å². The summed E-state index contributed by atoms with van der Waals surface area (Å²) < 4.78 is 47.4. The Labute approximate surface area is 116 Å². The van der Waals surface area contributed by atoms with Crippen LogP contribution in [0.2, 0.25) is 0 Å². The van der Waals surface area contributed by atoms with Gasteiger partial charge >= 0.3 is 10.1 Å². The quantitative estimate of drug-likeness (QED) is 0.793. The molecule has 20 heavy (non-hydrogen) atoms. The van der Waals surface area contributed by atoms with Crippen LogP contribution in [0.3, 0.4) is 0 Å². The number of nitrogens with zero attached hydrogens (tertiary/aromatic N) is 1. The molecule has 0 unspecified atom stereocenters. The second kappa shape index (κ2) is 5.87. The van der Waals surface area contributed by atoms with Gasteiger partial charge in [0, 0.05) is 12.3 Å². The first-order chi connectivity index (χ1) is 9.53. The van der Waals surface area contributed by atoms with Crippen molar-refractivity contribution in [3.63, 3.8) is 0 Å². The highest BCUT2D eigenvalue weighted by Gasteiger charge is 2.22. The van der Waals surface area contributed by atoms with E-state index in [2.05, 4.69) is 4.98 Å². The molecular formula is C13H12FNO4S. The maximum Gasteiger partial charge on any atom is 0.344 e. The summed E-state index contributed by atoms with van der Waals surface area (Å²) in [5, 5.41) is 0. The Morgan fingerprint density at radius 2 is 2.10 bits per heavy atom. The normalized spacial score (nSPS) is 11.1. The van der Waals surface area contributed by atoms with Gasteiger partial charge in [-0.3, -0.25) is 4.98 Å². The van der Waals surface area contributed by atoms with E-state index in [1.807, 2.05) is 0 Å². The molecule has 106 valence electrons. The van der Waals surface area contributed by atoms with E-state index < -0.39 is 15.9 Å². The summed E-state index contributed by atoms with van der Waals surface area (Å²) in [6, 6.07) is 6.29. The monoisotopic (exact) mass is 297 g/mol. The second-order valence-corrected chi connectivity index (χ2v) is 5.26. The summed E-state index contributed by atoms with van der Waals surface area (Å²) in [5.41, 5.74) is 0. The predicted molar refractivity (Wildman–Crippen MR) is 69.6 cm³/mol. The van der Waals surface area contributed by atoms with E-state index in [1.165, 1.54) is 30.5 Å². The molecule has 0 aliphatic heterocycles. The lowest BCUT2D eigenvalue weighted by atomic mass is 10.3. The van der Waals surface area contributed by atoms with Crippen LogP contribution in [0.1, 0.15) is 6.92 Å². The lowest BCUT2D eigenvalue weighted by Gasteiger charge is -2.10. The molecule has 0 saturated carbocycles. The maximum absolute atomic E-state index is 13.0. The second-order valence-electron chi connectivity index (χ2n) is 3.75. The van der Waals surface area contributed by atoms with Crippen molar-refractivity contribution in [1.29, 1.82) is 0 Å². The van der Waals surface area contributed by atoms with Crippen LogP contribution in [-0.4, -0.2) is 20.0 Å². The molecule has 0 saturated heterocycles. The van der Waals surface area contributed by atoms with E-state index in [0.29, 0.717) is 6.61 Å². The standard InChI is InChI=1S/C13H12FNO4S/c1-2-18-12-6-7-15-9-13(12)20(16,17)19-11-5-3-4-10(14)8-11/h3-9H,2H2,1H3. The van der Waals surface area contributed by atoms with Crippen molar-refractivity contribution in [2.45, 2.75) is 11.8 Å². The third-order valence-corrected chi connectivity index (χ3v) is 3.57. The third kappa shape index (κ3) is 3.24. The van der Waals surface area contributed by atoms with Gasteiger partial charge in [0.25, 0.3) is 0 Å². The molecule has 2 aromatic rings. The molecule has 0 fully saturated rings. The minimum absolute atomic E-state index is 0.115. The van der Waals surface area contributed by atoms with Gasteiger partial charge in [0.15, 0.2) is 4.90 Å². The topological polar surface area (TPSA) is 65.5 Å². The number of hydrogen-bond donors (Lipinski definition) is 0. The molecule has 1 aromatic heterocycles. The minimum atomic E-state index is -4.14. The van der Waals surface area contributed by atoms with E-state index >= 15 is 0 Å². The molecule has 1 heterocycles. The number of hydrogen-bond acceptors (Lipinski definition) is 5. The average Bonchev–Trinajstić information content (AvgIpc) is 2.39. The zero-order chi connectivity index (χ0) is 14.6. The molecule has 0 spiro atoms. The summed E-state index contributed by atoms with van der Waals surface area (Å²) in [7, 11) is -4.14. The van der Waals surface area contributed by atoms with Crippen molar-refractivity contribution >= 4 is 10.1 Å². The number of pyridine rings is 1. The minimum Gasteiger partial charge on any atom is -0.492 e. The Kier molecular flexibility index (Phi) is 4.19. The summed E-state index contributed by atoms with van der Waals surface area (Å²) in [6.07, 6.45) is 2.53. The smallest absolute Gasteiger partial charge is 0.344 e. The molecule has 0 bridgehead atoms. The van der Waals surface area contributed by atoms with E-state index in [0.717, 1.165) is 12.3 Å². The van der Waals surface area contributed by atoms with Crippen LogP contribution in [0.25, 0.3) is 0 Å². The van der Waals surface area contributed by atoms with Crippen molar-refractivity contribution in [1.82, 2.24) is 4.98 Å². The Hall–Kier alpha value is -2.15. The Bertz CT molecular complexity index is 703. The number of rotatable bonds is 5. The molecule has 0 atom stereocenters. The van der Waals surface area contributed by atoms with Crippen molar-refractivity contribution in [2.24, 2.45) is 0 Å². The molecule has 0 aliphatic rings. The molecule has 1 aromatic carbocycles. The Morgan fingerprint density at radius 1 is 1.30 bits per heavy atom. The molecular weight excluding hydrogens is 285 g/mol. The summed E-state index contributed by atoms with van der Waals surface area (Å²) >= 11 is 0. The Morgan fingerprint density at radius 3 is 2.80 bits per heavy atom. The lowest BCUT2D eigenvalue weighted by molar-refractivity contribution is 0.329. The summed E-state index contributed by atoms with van der Waals surface area (Å²) in [6.45, 7) is 2.02. The van der Waals surface area contributed by atoms with Gasteiger partial charge in [0.2, 0.25) is 0 Å². The van der Waals surface area contributed by atoms with E-state index in [-0.39, 0.29) is 16.4 Å². The fourth-order valence-electron chi connectivity index (χ4n) is 1.52. The number of aromatic nitrogens is 1. The first-order valence-electron chi connectivity index (χ1n) is 5.80. The van der Waals surface area contributed by atoms with Crippen LogP contribution in [-0.2, 0) is 10.1 Å². The average molecular weight is 297 g/mol. The maximum atomic E-state index is 13.0. The van der Waals surface area contributed by atoms with Crippen molar-refractivity contribution in [3.8, 4) is 11.5 Å². The van der Waals surface area contributed by atoms with Crippen LogP contribution in [0, 0.1) is 5.82 Å². The van der Waals surface area contributed by atoms with Crippen molar-refractivity contribution < 1.29 is 21.7 Å². The predicted octanol–water partition coefficient (Wildman–Crippen LogP) is 2.39. The van der Waals surface area contributed by atoms with Gasteiger partial charge < -0.3 is 8.92 Å². The zero-order valence-corrected chi connectivity index (χ0v) is 11.4. The highest BCUT2D eigenvalue weighted by atomic mass is 32.2. The van der Waals surface area contributed by atoms with Gasteiger partial charge in [-0.15, -0.1) is 0 Å².